The maximum atomic E-state index is 14.7. The quantitative estimate of drug-likeness (QED) is 0.679. The molecule has 2 heterocycles. The Labute approximate surface area is 150 Å². The average Bonchev–Trinajstić information content (AvgIpc) is 3.47. The lowest BCUT2D eigenvalue weighted by Gasteiger charge is -2.37. The molecule has 134 valence electrons. The predicted molar refractivity (Wildman–Crippen MR) is 98.2 cm³/mol. The summed E-state index contributed by atoms with van der Waals surface area (Å²) < 4.78 is 16.8. The lowest BCUT2D eigenvalue weighted by atomic mass is 10.1. The van der Waals surface area contributed by atoms with Crippen LogP contribution in [0.15, 0.2) is 29.2 Å². The normalized spacial score (nSPS) is 17.4. The Hall–Kier alpha value is -2.88. The van der Waals surface area contributed by atoms with Crippen LogP contribution in [0.1, 0.15) is 25.3 Å². The third kappa shape index (κ3) is 2.92. The van der Waals surface area contributed by atoms with Gasteiger partial charge in [0.2, 0.25) is 0 Å². The molecule has 0 unspecified atom stereocenters. The molecule has 0 amide bonds. The molecule has 1 aromatic heterocycles. The molecule has 1 saturated carbocycles. The zero-order valence-electron chi connectivity index (χ0n) is 14.4. The van der Waals surface area contributed by atoms with E-state index >= 15 is 0 Å². The van der Waals surface area contributed by atoms with Gasteiger partial charge < -0.3 is 14.4 Å². The number of hydrogen-bond acceptors (Lipinski definition) is 4. The van der Waals surface area contributed by atoms with Crippen molar-refractivity contribution in [1.82, 2.24) is 9.47 Å². The van der Waals surface area contributed by atoms with Gasteiger partial charge in [-0.05, 0) is 25.0 Å². The molecule has 1 aliphatic heterocycles. The molecule has 1 N–H and O–H groups in total. The average molecular weight is 353 g/mol. The molecular formula is C19H20FN5O. The van der Waals surface area contributed by atoms with Crippen LogP contribution in [0, 0.1) is 22.6 Å². The Bertz CT molecular complexity index is 964. The minimum atomic E-state index is -0.385. The van der Waals surface area contributed by atoms with Crippen molar-refractivity contribution in [2.24, 2.45) is 0 Å². The molecule has 2 aliphatic rings. The number of nitrogens with one attached hydrogen (secondary N) is 1. The number of benzene rings is 1. The van der Waals surface area contributed by atoms with Gasteiger partial charge >= 0.3 is 0 Å². The van der Waals surface area contributed by atoms with Gasteiger partial charge in [0.25, 0.3) is 0 Å². The van der Waals surface area contributed by atoms with E-state index in [0.29, 0.717) is 49.1 Å². The fourth-order valence-electron chi connectivity index (χ4n) is 3.60. The first-order valence-electron chi connectivity index (χ1n) is 8.87. The van der Waals surface area contributed by atoms with E-state index in [1.54, 1.807) is 6.07 Å². The van der Waals surface area contributed by atoms with Crippen LogP contribution in [0.3, 0.4) is 0 Å². The molecule has 0 radical (unpaired) electrons. The van der Waals surface area contributed by atoms with Crippen molar-refractivity contribution in [2.45, 2.75) is 25.3 Å². The van der Waals surface area contributed by atoms with Crippen LogP contribution < -0.4 is 10.3 Å². The maximum Gasteiger partial charge on any atom is 0.189 e. The van der Waals surface area contributed by atoms with E-state index in [2.05, 4.69) is 4.57 Å². The number of amidine groups is 1. The van der Waals surface area contributed by atoms with Crippen LogP contribution in [0.5, 0.6) is 0 Å². The summed E-state index contributed by atoms with van der Waals surface area (Å²) >= 11 is 0. The van der Waals surface area contributed by atoms with E-state index in [1.807, 2.05) is 22.1 Å². The Morgan fingerprint density at radius 2 is 2.00 bits per heavy atom. The predicted octanol–water partition coefficient (Wildman–Crippen LogP) is 2.49. The largest absolute Gasteiger partial charge is 0.366 e. The van der Waals surface area contributed by atoms with Gasteiger partial charge in [0, 0.05) is 49.9 Å². The monoisotopic (exact) mass is 353 g/mol. The van der Waals surface area contributed by atoms with Gasteiger partial charge in [0.15, 0.2) is 5.43 Å². The summed E-state index contributed by atoms with van der Waals surface area (Å²) in [5.41, 5.74) is 1.14. The fraction of sp³-hybridized carbons (Fsp3) is 0.421. The van der Waals surface area contributed by atoms with Crippen LogP contribution in [0.4, 0.5) is 10.1 Å². The lowest BCUT2D eigenvalue weighted by molar-refractivity contribution is 0.377. The Morgan fingerprint density at radius 3 is 2.65 bits per heavy atom. The molecule has 1 saturated heterocycles. The first-order valence-corrected chi connectivity index (χ1v) is 8.87. The Balaban J connectivity index is 1.64. The van der Waals surface area contributed by atoms with Crippen LogP contribution >= 0.6 is 0 Å². The highest BCUT2D eigenvalue weighted by Crippen LogP contribution is 2.37. The number of rotatable bonds is 3. The first-order chi connectivity index (χ1) is 12.6. The van der Waals surface area contributed by atoms with E-state index in [9.17, 15) is 9.18 Å². The van der Waals surface area contributed by atoms with E-state index in [-0.39, 0.29) is 17.7 Å². The zero-order chi connectivity index (χ0) is 18.3. The molecule has 26 heavy (non-hydrogen) atoms. The number of nitriles is 1. The summed E-state index contributed by atoms with van der Waals surface area (Å²) in [6.07, 6.45) is 4.08. The number of pyridine rings is 1. The molecule has 2 fully saturated rings. The Morgan fingerprint density at radius 1 is 1.27 bits per heavy atom. The van der Waals surface area contributed by atoms with Crippen molar-refractivity contribution in [3.05, 3.63) is 40.4 Å². The zero-order valence-corrected chi connectivity index (χ0v) is 14.4. The number of anilines is 1. The van der Waals surface area contributed by atoms with E-state index in [0.717, 1.165) is 18.4 Å². The number of halogens is 1. The summed E-state index contributed by atoms with van der Waals surface area (Å²) in [7, 11) is 0. The van der Waals surface area contributed by atoms with Crippen molar-refractivity contribution in [3.63, 3.8) is 0 Å². The molecule has 0 spiro atoms. The number of fused-ring (bicyclic) bond motifs is 1. The summed E-state index contributed by atoms with van der Waals surface area (Å²) in [5.74, 6) is -0.0718. The topological polar surface area (TPSA) is 76.1 Å². The molecular weight excluding hydrogens is 333 g/mol. The highest BCUT2D eigenvalue weighted by atomic mass is 19.1. The molecule has 4 rings (SSSR count). The molecule has 6 nitrogen and oxygen atoms in total. The molecule has 0 bridgehead atoms. The minimum absolute atomic E-state index is 0.0952. The van der Waals surface area contributed by atoms with Gasteiger partial charge in [-0.3, -0.25) is 10.2 Å². The first kappa shape index (κ1) is 16.6. The number of nitrogens with zero attached hydrogens (tertiary/aromatic N) is 4. The SMILES string of the molecule is N#CCC(=N)N1CCN(c2cc3c(cc2F)c(=O)ccn3C2CC2)CC1. The molecule has 1 aromatic carbocycles. The number of aromatic nitrogens is 1. The summed E-state index contributed by atoms with van der Waals surface area (Å²) in [6.45, 7) is 2.33. The molecule has 7 heteroatoms. The standard InChI is InChI=1S/C19H20FN5O/c20-15-11-14-16(25(13-1-2-13)6-4-18(14)26)12-17(15)23-7-9-24(10-8-23)19(22)3-5-21/h4,6,11-13,22H,1-3,7-10H2. The van der Waals surface area contributed by atoms with Crippen molar-refractivity contribution >= 4 is 22.4 Å². The second-order valence-electron chi connectivity index (χ2n) is 6.89. The van der Waals surface area contributed by atoms with E-state index in [4.69, 9.17) is 10.7 Å². The second kappa shape index (κ2) is 6.45. The summed E-state index contributed by atoms with van der Waals surface area (Å²) in [6, 6.07) is 7.06. The van der Waals surface area contributed by atoms with Crippen molar-refractivity contribution < 1.29 is 4.39 Å². The van der Waals surface area contributed by atoms with Gasteiger partial charge in [-0.2, -0.15) is 5.26 Å². The van der Waals surface area contributed by atoms with Crippen LogP contribution in [-0.4, -0.2) is 41.5 Å². The third-order valence-electron chi connectivity index (χ3n) is 5.18. The second-order valence-corrected chi connectivity index (χ2v) is 6.89. The third-order valence-corrected chi connectivity index (χ3v) is 5.18. The molecule has 2 aromatic rings. The number of piperazine rings is 1. The Kier molecular flexibility index (Phi) is 4.11. The van der Waals surface area contributed by atoms with Gasteiger partial charge in [0.05, 0.1) is 23.7 Å². The van der Waals surface area contributed by atoms with Crippen LogP contribution in [0.25, 0.3) is 10.9 Å². The van der Waals surface area contributed by atoms with Gasteiger partial charge in [0.1, 0.15) is 11.7 Å². The van der Waals surface area contributed by atoms with Crippen LogP contribution in [0.2, 0.25) is 0 Å². The number of hydrogen-bond donors (Lipinski definition) is 1. The van der Waals surface area contributed by atoms with Gasteiger partial charge in [-0.1, -0.05) is 0 Å². The maximum absolute atomic E-state index is 14.7. The molecule has 1 aliphatic carbocycles. The van der Waals surface area contributed by atoms with Crippen LogP contribution in [-0.2, 0) is 0 Å². The highest BCUT2D eigenvalue weighted by Gasteiger charge is 2.26. The minimum Gasteiger partial charge on any atom is -0.366 e. The summed E-state index contributed by atoms with van der Waals surface area (Å²) in [5, 5.41) is 17.0. The van der Waals surface area contributed by atoms with Crippen molar-refractivity contribution in [3.8, 4) is 6.07 Å². The fourth-order valence-corrected chi connectivity index (χ4v) is 3.60. The summed E-state index contributed by atoms with van der Waals surface area (Å²) in [4.78, 5) is 16.0. The van der Waals surface area contributed by atoms with Crippen molar-refractivity contribution in [1.29, 1.82) is 10.7 Å². The highest BCUT2D eigenvalue weighted by molar-refractivity contribution is 5.84. The smallest absolute Gasteiger partial charge is 0.189 e. The van der Waals surface area contributed by atoms with Gasteiger partial charge in [-0.15, -0.1) is 0 Å². The lowest BCUT2D eigenvalue weighted by Crippen LogP contribution is -2.48. The molecule has 0 atom stereocenters. The van der Waals surface area contributed by atoms with Crippen molar-refractivity contribution in [2.75, 3.05) is 31.1 Å². The van der Waals surface area contributed by atoms with Gasteiger partial charge in [-0.25, -0.2) is 4.39 Å². The van der Waals surface area contributed by atoms with E-state index in [1.165, 1.54) is 12.1 Å². The van der Waals surface area contributed by atoms with E-state index < -0.39 is 0 Å².